The molecule has 3 N–H and O–H groups in total. The number of carbonyl (C=O) groups is 1. The molecule has 0 fully saturated rings. The maximum absolute atomic E-state index is 12.2. The predicted molar refractivity (Wildman–Crippen MR) is 79.5 cm³/mol. The Morgan fingerprint density at radius 2 is 2.00 bits per heavy atom. The van der Waals surface area contributed by atoms with E-state index in [0.29, 0.717) is 17.2 Å². The van der Waals surface area contributed by atoms with E-state index in [9.17, 15) is 4.79 Å². The summed E-state index contributed by atoms with van der Waals surface area (Å²) in [7, 11) is 1.87. The first kappa shape index (κ1) is 12.2. The number of aromatic nitrogens is 2. The van der Waals surface area contributed by atoms with Crippen molar-refractivity contribution < 1.29 is 4.79 Å². The maximum Gasteiger partial charge on any atom is 0.258 e. The van der Waals surface area contributed by atoms with Crippen LogP contribution in [0.4, 0.5) is 11.6 Å². The predicted octanol–water partition coefficient (Wildman–Crippen LogP) is 2.41. The number of nitrogens with two attached hydrogens (primary N) is 1. The highest BCUT2D eigenvalue weighted by molar-refractivity contribution is 6.04. The summed E-state index contributed by atoms with van der Waals surface area (Å²) in [4.78, 5) is 16.6. The van der Waals surface area contributed by atoms with E-state index < -0.39 is 0 Å². The zero-order valence-corrected chi connectivity index (χ0v) is 11.0. The van der Waals surface area contributed by atoms with Gasteiger partial charge in [0.2, 0.25) is 5.95 Å². The Hall–Kier alpha value is -2.82. The second-order valence-electron chi connectivity index (χ2n) is 4.56. The first-order chi connectivity index (χ1) is 9.65. The third kappa shape index (κ3) is 2.09. The molecule has 0 spiro atoms. The van der Waals surface area contributed by atoms with Crippen LogP contribution in [-0.4, -0.2) is 15.5 Å². The Morgan fingerprint density at radius 3 is 2.75 bits per heavy atom. The van der Waals surface area contributed by atoms with Crippen molar-refractivity contribution in [3.05, 3.63) is 54.1 Å². The van der Waals surface area contributed by atoms with E-state index in [1.165, 1.54) is 0 Å². The molecule has 0 aliphatic heterocycles. The molecule has 0 aliphatic rings. The van der Waals surface area contributed by atoms with E-state index >= 15 is 0 Å². The Bertz CT molecular complexity index is 791. The van der Waals surface area contributed by atoms with Crippen molar-refractivity contribution in [1.82, 2.24) is 9.55 Å². The molecule has 2 aromatic carbocycles. The van der Waals surface area contributed by atoms with Crippen molar-refractivity contribution >= 4 is 28.6 Å². The van der Waals surface area contributed by atoms with Gasteiger partial charge in [0.15, 0.2) is 0 Å². The van der Waals surface area contributed by atoms with Crippen LogP contribution in [0.15, 0.2) is 48.5 Å². The van der Waals surface area contributed by atoms with E-state index in [1.54, 1.807) is 24.3 Å². The van der Waals surface area contributed by atoms with Crippen LogP contribution in [0, 0.1) is 0 Å². The third-order valence-electron chi connectivity index (χ3n) is 3.16. The van der Waals surface area contributed by atoms with Gasteiger partial charge in [-0.05, 0) is 30.3 Å². The molecule has 3 rings (SSSR count). The van der Waals surface area contributed by atoms with Crippen LogP contribution in [0.1, 0.15) is 10.4 Å². The van der Waals surface area contributed by atoms with Crippen LogP contribution in [0.25, 0.3) is 11.0 Å². The average Bonchev–Trinajstić information content (AvgIpc) is 2.76. The second-order valence-corrected chi connectivity index (χ2v) is 4.56. The molecule has 100 valence electrons. The van der Waals surface area contributed by atoms with Crippen molar-refractivity contribution in [2.45, 2.75) is 0 Å². The van der Waals surface area contributed by atoms with Crippen LogP contribution >= 0.6 is 0 Å². The first-order valence-corrected chi connectivity index (χ1v) is 6.23. The monoisotopic (exact) mass is 266 g/mol. The average molecular weight is 266 g/mol. The lowest BCUT2D eigenvalue weighted by molar-refractivity contribution is 0.102. The Balaban J connectivity index is 1.93. The number of para-hydroxylation sites is 2. The zero-order chi connectivity index (χ0) is 14.1. The number of nitrogens with one attached hydrogen (secondary N) is 1. The van der Waals surface area contributed by atoms with E-state index in [2.05, 4.69) is 10.3 Å². The number of amides is 1. The standard InChI is InChI=1S/C15H14N4O/c1-19-13-8-3-2-7-12(13)17-15(19)18-14(20)10-5-4-6-11(16)9-10/h2-9H,16H2,1H3,(H,17,18,20). The quantitative estimate of drug-likeness (QED) is 0.699. The lowest BCUT2D eigenvalue weighted by Gasteiger charge is -2.05. The number of nitrogens with zero attached hydrogens (tertiary/aromatic N) is 2. The molecule has 3 aromatic rings. The zero-order valence-electron chi connectivity index (χ0n) is 11.0. The molecule has 0 bridgehead atoms. The minimum atomic E-state index is -0.226. The van der Waals surface area contributed by atoms with Crippen molar-refractivity contribution in [2.24, 2.45) is 7.05 Å². The molecule has 20 heavy (non-hydrogen) atoms. The van der Waals surface area contributed by atoms with Crippen molar-refractivity contribution in [1.29, 1.82) is 0 Å². The summed E-state index contributed by atoms with van der Waals surface area (Å²) in [6.45, 7) is 0. The lowest BCUT2D eigenvalue weighted by Crippen LogP contribution is -2.15. The molecule has 5 heteroatoms. The smallest absolute Gasteiger partial charge is 0.258 e. The third-order valence-corrected chi connectivity index (χ3v) is 3.16. The molecule has 0 saturated heterocycles. The molecule has 0 saturated carbocycles. The number of aryl methyl sites for hydroxylation is 1. The highest BCUT2D eigenvalue weighted by Gasteiger charge is 2.11. The van der Waals surface area contributed by atoms with Crippen molar-refractivity contribution in [2.75, 3.05) is 11.1 Å². The molecule has 0 radical (unpaired) electrons. The highest BCUT2D eigenvalue weighted by atomic mass is 16.1. The number of hydrogen-bond acceptors (Lipinski definition) is 3. The molecule has 0 aliphatic carbocycles. The Labute approximate surface area is 116 Å². The molecule has 1 amide bonds. The lowest BCUT2D eigenvalue weighted by atomic mass is 10.2. The van der Waals surface area contributed by atoms with Gasteiger partial charge in [0.25, 0.3) is 5.91 Å². The Kier molecular flexibility index (Phi) is 2.87. The molecular formula is C15H14N4O. The van der Waals surface area contributed by atoms with E-state index in [0.717, 1.165) is 11.0 Å². The van der Waals surface area contributed by atoms with Crippen LogP contribution in [0.3, 0.4) is 0 Å². The number of hydrogen-bond donors (Lipinski definition) is 2. The topological polar surface area (TPSA) is 72.9 Å². The van der Waals surface area contributed by atoms with Gasteiger partial charge < -0.3 is 10.3 Å². The van der Waals surface area contributed by atoms with E-state index in [-0.39, 0.29) is 5.91 Å². The molecule has 5 nitrogen and oxygen atoms in total. The SMILES string of the molecule is Cn1c(NC(=O)c2cccc(N)c2)nc2ccccc21. The van der Waals surface area contributed by atoms with Gasteiger partial charge in [0.05, 0.1) is 11.0 Å². The molecule has 1 aromatic heterocycles. The van der Waals surface area contributed by atoms with Crippen LogP contribution in [0.5, 0.6) is 0 Å². The van der Waals surface area contributed by atoms with Crippen LogP contribution in [0.2, 0.25) is 0 Å². The fourth-order valence-corrected chi connectivity index (χ4v) is 2.11. The number of fused-ring (bicyclic) bond motifs is 1. The molecule has 1 heterocycles. The van der Waals surface area contributed by atoms with Crippen molar-refractivity contribution in [3.63, 3.8) is 0 Å². The number of anilines is 2. The van der Waals surface area contributed by atoms with Gasteiger partial charge in [-0.3, -0.25) is 10.1 Å². The summed E-state index contributed by atoms with van der Waals surface area (Å²) in [6.07, 6.45) is 0. The number of imidazole rings is 1. The summed E-state index contributed by atoms with van der Waals surface area (Å²) in [6, 6.07) is 14.6. The second kappa shape index (κ2) is 4.70. The molecule has 0 atom stereocenters. The largest absolute Gasteiger partial charge is 0.399 e. The first-order valence-electron chi connectivity index (χ1n) is 6.23. The van der Waals surface area contributed by atoms with Crippen molar-refractivity contribution in [3.8, 4) is 0 Å². The summed E-state index contributed by atoms with van der Waals surface area (Å²) in [5.41, 5.74) is 8.56. The fraction of sp³-hybridized carbons (Fsp3) is 0.0667. The summed E-state index contributed by atoms with van der Waals surface area (Å²) >= 11 is 0. The van der Waals surface area contributed by atoms with E-state index in [1.807, 2.05) is 35.9 Å². The summed E-state index contributed by atoms with van der Waals surface area (Å²) in [5.74, 6) is 0.286. The van der Waals surface area contributed by atoms with Crippen LogP contribution < -0.4 is 11.1 Å². The molecular weight excluding hydrogens is 252 g/mol. The Morgan fingerprint density at radius 1 is 1.20 bits per heavy atom. The number of carbonyl (C=O) groups excluding carboxylic acids is 1. The van der Waals surface area contributed by atoms with Gasteiger partial charge in [0, 0.05) is 18.3 Å². The number of rotatable bonds is 2. The summed E-state index contributed by atoms with van der Waals surface area (Å²) in [5, 5.41) is 2.80. The van der Waals surface area contributed by atoms with Gasteiger partial charge >= 0.3 is 0 Å². The summed E-state index contributed by atoms with van der Waals surface area (Å²) < 4.78 is 1.85. The van der Waals surface area contributed by atoms with Gasteiger partial charge in [-0.2, -0.15) is 0 Å². The number of nitrogen functional groups attached to an aromatic ring is 1. The van der Waals surface area contributed by atoms with Gasteiger partial charge in [-0.15, -0.1) is 0 Å². The minimum absolute atomic E-state index is 0.226. The maximum atomic E-state index is 12.2. The number of benzene rings is 2. The van der Waals surface area contributed by atoms with Crippen LogP contribution in [-0.2, 0) is 7.05 Å². The van der Waals surface area contributed by atoms with Gasteiger partial charge in [-0.1, -0.05) is 18.2 Å². The van der Waals surface area contributed by atoms with Gasteiger partial charge in [0.1, 0.15) is 0 Å². The van der Waals surface area contributed by atoms with E-state index in [4.69, 9.17) is 5.73 Å². The van der Waals surface area contributed by atoms with Gasteiger partial charge in [-0.25, -0.2) is 4.98 Å². The highest BCUT2D eigenvalue weighted by Crippen LogP contribution is 2.18. The normalized spacial score (nSPS) is 10.7. The minimum Gasteiger partial charge on any atom is -0.399 e. The fourth-order valence-electron chi connectivity index (χ4n) is 2.11. The molecule has 0 unspecified atom stereocenters.